The van der Waals surface area contributed by atoms with E-state index in [-0.39, 0.29) is 29.8 Å². The van der Waals surface area contributed by atoms with Crippen molar-refractivity contribution in [2.24, 2.45) is 5.92 Å². The third kappa shape index (κ3) is 3.76. The molecule has 0 aromatic carbocycles. The van der Waals surface area contributed by atoms with Crippen LogP contribution in [0.4, 0.5) is 0 Å². The molecule has 1 atom stereocenters. The van der Waals surface area contributed by atoms with Gasteiger partial charge in [0, 0.05) is 36.5 Å². The van der Waals surface area contributed by atoms with E-state index in [1.54, 1.807) is 6.20 Å². The molecular formula is C18H24N4O3S. The quantitative estimate of drug-likeness (QED) is 0.855. The maximum Gasteiger partial charge on any atom is 0.269 e. The van der Waals surface area contributed by atoms with Crippen molar-refractivity contribution in [1.29, 1.82) is 0 Å². The van der Waals surface area contributed by atoms with E-state index in [9.17, 15) is 9.59 Å². The Morgan fingerprint density at radius 1 is 1.15 bits per heavy atom. The van der Waals surface area contributed by atoms with E-state index in [1.807, 2.05) is 16.0 Å². The van der Waals surface area contributed by atoms with Gasteiger partial charge in [0.2, 0.25) is 5.91 Å². The summed E-state index contributed by atoms with van der Waals surface area (Å²) in [7, 11) is 0. The molecule has 0 bridgehead atoms. The Morgan fingerprint density at radius 2 is 1.92 bits per heavy atom. The summed E-state index contributed by atoms with van der Waals surface area (Å²) in [6, 6.07) is 0.367. The second kappa shape index (κ2) is 7.75. The third-order valence-corrected chi connectivity index (χ3v) is 6.17. The zero-order chi connectivity index (χ0) is 17.9. The van der Waals surface area contributed by atoms with Gasteiger partial charge in [0.05, 0.1) is 12.5 Å². The molecule has 2 N–H and O–H groups in total. The highest BCUT2D eigenvalue weighted by molar-refractivity contribution is 7.15. The van der Waals surface area contributed by atoms with E-state index in [0.29, 0.717) is 12.3 Å². The fourth-order valence-corrected chi connectivity index (χ4v) is 4.63. The number of hydrogen-bond acceptors (Lipinski definition) is 5. The number of carbonyl (C=O) groups is 2. The van der Waals surface area contributed by atoms with Gasteiger partial charge in [-0.25, -0.2) is 4.98 Å². The first kappa shape index (κ1) is 17.5. The Hall–Kier alpha value is -1.93. The molecule has 26 heavy (non-hydrogen) atoms. The van der Waals surface area contributed by atoms with Gasteiger partial charge in [-0.3, -0.25) is 14.0 Å². The van der Waals surface area contributed by atoms with Crippen LogP contribution in [-0.4, -0.2) is 46.5 Å². The van der Waals surface area contributed by atoms with Crippen LogP contribution >= 0.6 is 11.3 Å². The summed E-state index contributed by atoms with van der Waals surface area (Å²) in [6.07, 6.45) is 8.95. The number of rotatable bonds is 4. The van der Waals surface area contributed by atoms with E-state index in [4.69, 9.17) is 4.74 Å². The molecule has 2 aromatic heterocycles. The molecule has 3 heterocycles. The number of carbonyl (C=O) groups excluding carboxylic acids is 2. The minimum atomic E-state index is -0.0545. The van der Waals surface area contributed by atoms with E-state index in [2.05, 4.69) is 15.6 Å². The van der Waals surface area contributed by atoms with Crippen molar-refractivity contribution < 1.29 is 14.3 Å². The molecule has 7 nitrogen and oxygen atoms in total. The second-order valence-electron chi connectivity index (χ2n) is 7.15. The number of nitrogens with one attached hydrogen (secondary N) is 2. The highest BCUT2D eigenvalue weighted by Crippen LogP contribution is 2.21. The van der Waals surface area contributed by atoms with Crippen molar-refractivity contribution in [2.45, 2.75) is 50.6 Å². The summed E-state index contributed by atoms with van der Waals surface area (Å²) in [4.78, 5) is 29.9. The van der Waals surface area contributed by atoms with Crippen molar-refractivity contribution in [1.82, 2.24) is 20.0 Å². The molecule has 2 aliphatic rings. The van der Waals surface area contributed by atoms with Gasteiger partial charge in [-0.1, -0.05) is 0 Å². The van der Waals surface area contributed by atoms with Crippen molar-refractivity contribution in [3.63, 3.8) is 0 Å². The Balaban J connectivity index is 1.25. The smallest absolute Gasteiger partial charge is 0.269 e. The number of nitrogens with zero attached hydrogens (tertiary/aromatic N) is 2. The molecule has 1 unspecified atom stereocenters. The predicted molar refractivity (Wildman–Crippen MR) is 98.3 cm³/mol. The van der Waals surface area contributed by atoms with E-state index in [1.165, 1.54) is 11.3 Å². The molecule has 2 aromatic rings. The Kier molecular flexibility index (Phi) is 5.21. The van der Waals surface area contributed by atoms with Gasteiger partial charge in [0.15, 0.2) is 4.96 Å². The van der Waals surface area contributed by atoms with Gasteiger partial charge in [0.1, 0.15) is 5.69 Å². The minimum absolute atomic E-state index is 0.00245. The monoisotopic (exact) mass is 376 g/mol. The van der Waals surface area contributed by atoms with Crippen molar-refractivity contribution in [3.8, 4) is 0 Å². The number of fused-ring (bicyclic) bond motifs is 1. The minimum Gasteiger partial charge on any atom is -0.381 e. The molecule has 1 aliphatic heterocycles. The topological polar surface area (TPSA) is 84.7 Å². The number of thiazole rings is 1. The van der Waals surface area contributed by atoms with Crippen LogP contribution in [0.3, 0.4) is 0 Å². The molecule has 2 amide bonds. The Bertz CT molecular complexity index is 772. The highest BCUT2D eigenvalue weighted by atomic mass is 32.1. The maximum atomic E-state index is 12.5. The van der Waals surface area contributed by atoms with Gasteiger partial charge >= 0.3 is 0 Å². The molecule has 1 saturated heterocycles. The van der Waals surface area contributed by atoms with E-state index < -0.39 is 0 Å². The SMILES string of the molecule is O=C(NC1CCC(NC(=O)C2CCCOC2)CC1)c1csc2nccn12. The van der Waals surface area contributed by atoms with Gasteiger partial charge in [0.25, 0.3) is 5.91 Å². The molecule has 1 aliphatic carbocycles. The Labute approximate surface area is 156 Å². The summed E-state index contributed by atoms with van der Waals surface area (Å²) in [5.41, 5.74) is 0.634. The largest absolute Gasteiger partial charge is 0.381 e. The van der Waals surface area contributed by atoms with Crippen molar-refractivity contribution in [2.75, 3.05) is 13.2 Å². The number of aromatic nitrogens is 2. The van der Waals surface area contributed by atoms with Gasteiger partial charge in [-0.2, -0.15) is 0 Å². The second-order valence-corrected chi connectivity index (χ2v) is 7.98. The first-order valence-electron chi connectivity index (χ1n) is 9.30. The predicted octanol–water partition coefficient (Wildman–Crippen LogP) is 1.98. The van der Waals surface area contributed by atoms with Crippen molar-refractivity contribution >= 4 is 28.1 Å². The summed E-state index contributed by atoms with van der Waals surface area (Å²) < 4.78 is 7.22. The van der Waals surface area contributed by atoms with Crippen LogP contribution in [0.15, 0.2) is 17.8 Å². The standard InChI is InChI=1S/C18H24N4O3S/c23-16(12-2-1-9-25-10-12)20-13-3-5-14(6-4-13)21-17(24)15-11-26-18-19-7-8-22(15)18/h7-8,11-14H,1-6,9-10H2,(H,20,23)(H,21,24). The lowest BCUT2D eigenvalue weighted by Crippen LogP contribution is -2.46. The zero-order valence-electron chi connectivity index (χ0n) is 14.6. The number of hydrogen-bond donors (Lipinski definition) is 2. The zero-order valence-corrected chi connectivity index (χ0v) is 15.5. The molecule has 8 heteroatoms. The lowest BCUT2D eigenvalue weighted by molar-refractivity contribution is -0.129. The fourth-order valence-electron chi connectivity index (χ4n) is 3.80. The lowest BCUT2D eigenvalue weighted by atomic mass is 9.90. The normalized spacial score (nSPS) is 26.5. The first-order valence-corrected chi connectivity index (χ1v) is 10.2. The van der Waals surface area contributed by atoms with Gasteiger partial charge in [-0.05, 0) is 38.5 Å². The average molecular weight is 376 g/mol. The number of ether oxygens (including phenoxy) is 1. The van der Waals surface area contributed by atoms with Crippen LogP contribution in [0.25, 0.3) is 4.96 Å². The van der Waals surface area contributed by atoms with Crippen LogP contribution < -0.4 is 10.6 Å². The van der Waals surface area contributed by atoms with Gasteiger partial charge in [-0.15, -0.1) is 11.3 Å². The molecule has 140 valence electrons. The van der Waals surface area contributed by atoms with Crippen LogP contribution in [0.1, 0.15) is 49.0 Å². The number of amides is 2. The van der Waals surface area contributed by atoms with E-state index >= 15 is 0 Å². The molecule has 2 fully saturated rings. The van der Waals surface area contributed by atoms with Crippen LogP contribution in [0.5, 0.6) is 0 Å². The molecule has 1 saturated carbocycles. The fraction of sp³-hybridized carbons (Fsp3) is 0.611. The summed E-state index contributed by atoms with van der Waals surface area (Å²) >= 11 is 1.46. The molecular weight excluding hydrogens is 352 g/mol. The third-order valence-electron chi connectivity index (χ3n) is 5.31. The maximum absolute atomic E-state index is 12.5. The van der Waals surface area contributed by atoms with E-state index in [0.717, 1.165) is 50.1 Å². The van der Waals surface area contributed by atoms with Crippen LogP contribution in [0, 0.1) is 5.92 Å². The lowest BCUT2D eigenvalue weighted by Gasteiger charge is -2.31. The molecule has 0 radical (unpaired) electrons. The van der Waals surface area contributed by atoms with Gasteiger partial charge < -0.3 is 15.4 Å². The highest BCUT2D eigenvalue weighted by Gasteiger charge is 2.28. The van der Waals surface area contributed by atoms with Crippen molar-refractivity contribution in [3.05, 3.63) is 23.5 Å². The molecule has 4 rings (SSSR count). The summed E-state index contributed by atoms with van der Waals surface area (Å²) in [5, 5.41) is 8.14. The average Bonchev–Trinajstić information content (AvgIpc) is 3.27. The van der Waals surface area contributed by atoms with Crippen LogP contribution in [0.2, 0.25) is 0 Å². The first-order chi connectivity index (χ1) is 12.7. The summed E-state index contributed by atoms with van der Waals surface area (Å²) in [5.74, 6) is 0.0661. The number of imidazole rings is 1. The molecule has 0 spiro atoms. The van der Waals surface area contributed by atoms with Crippen LogP contribution in [-0.2, 0) is 9.53 Å². The Morgan fingerprint density at radius 3 is 2.65 bits per heavy atom. The summed E-state index contributed by atoms with van der Waals surface area (Å²) in [6.45, 7) is 1.31.